The second-order valence-corrected chi connectivity index (χ2v) is 7.00. The summed E-state index contributed by atoms with van der Waals surface area (Å²) in [6.45, 7) is 3.78. The number of hydrogen-bond donors (Lipinski definition) is 1. The van der Waals surface area contributed by atoms with Crippen molar-refractivity contribution in [3.05, 3.63) is 29.5 Å². The van der Waals surface area contributed by atoms with Crippen molar-refractivity contribution in [1.29, 1.82) is 0 Å². The Balaban J connectivity index is 2.57. The normalized spacial score (nSPS) is 11.6. The second kappa shape index (κ2) is 4.92. The van der Waals surface area contributed by atoms with Crippen LogP contribution in [0, 0.1) is 13.8 Å². The molecule has 102 valence electrons. The van der Waals surface area contributed by atoms with Gasteiger partial charge < -0.3 is 4.74 Å². The monoisotopic (exact) mass is 298 g/mol. The van der Waals surface area contributed by atoms with Crippen molar-refractivity contribution in [2.45, 2.75) is 18.1 Å². The molecule has 0 fully saturated rings. The van der Waals surface area contributed by atoms with E-state index in [0.29, 0.717) is 5.88 Å². The van der Waals surface area contributed by atoms with Crippen molar-refractivity contribution in [3.8, 4) is 16.3 Å². The molecule has 2 rings (SSSR count). The highest BCUT2D eigenvalue weighted by Crippen LogP contribution is 2.36. The number of aryl methyl sites for hydroxylation is 2. The highest BCUT2D eigenvalue weighted by molar-refractivity contribution is 7.91. The van der Waals surface area contributed by atoms with Crippen molar-refractivity contribution in [2.75, 3.05) is 7.11 Å². The Morgan fingerprint density at radius 3 is 2.42 bits per heavy atom. The molecule has 0 aliphatic carbocycles. The van der Waals surface area contributed by atoms with Gasteiger partial charge in [-0.15, -0.1) is 11.3 Å². The lowest BCUT2D eigenvalue weighted by atomic mass is 10.1. The van der Waals surface area contributed by atoms with E-state index in [1.54, 1.807) is 19.4 Å². The van der Waals surface area contributed by atoms with Crippen molar-refractivity contribution < 1.29 is 13.2 Å². The van der Waals surface area contributed by atoms with Gasteiger partial charge in [-0.05, 0) is 31.0 Å². The maximum Gasteiger partial charge on any atom is 0.247 e. The smallest absolute Gasteiger partial charge is 0.247 e. The molecule has 0 unspecified atom stereocenters. The van der Waals surface area contributed by atoms with Gasteiger partial charge in [-0.25, -0.2) is 18.5 Å². The Bertz CT molecular complexity index is 721. The molecule has 2 aromatic heterocycles. The van der Waals surface area contributed by atoms with Gasteiger partial charge in [0, 0.05) is 22.7 Å². The van der Waals surface area contributed by atoms with E-state index < -0.39 is 10.0 Å². The predicted octanol–water partition coefficient (Wildman–Crippen LogP) is 2.08. The molecule has 0 aliphatic heterocycles. The number of thiophene rings is 1. The number of hydrogen-bond acceptors (Lipinski definition) is 5. The molecule has 0 atom stereocenters. The Kier molecular flexibility index (Phi) is 3.62. The van der Waals surface area contributed by atoms with E-state index in [0.717, 1.165) is 32.9 Å². The zero-order valence-electron chi connectivity index (χ0n) is 10.8. The molecule has 0 radical (unpaired) electrons. The number of pyridine rings is 1. The summed E-state index contributed by atoms with van der Waals surface area (Å²) in [7, 11) is -2.11. The SMILES string of the molecule is COc1cc(C)c(-c2sc(S(N)(=O)=O)cc2C)cn1. The quantitative estimate of drug-likeness (QED) is 0.940. The Labute approximate surface area is 116 Å². The first-order valence-electron chi connectivity index (χ1n) is 5.47. The summed E-state index contributed by atoms with van der Waals surface area (Å²) in [5.41, 5.74) is 2.72. The lowest BCUT2D eigenvalue weighted by Crippen LogP contribution is -2.09. The largest absolute Gasteiger partial charge is 0.481 e. The Morgan fingerprint density at radius 2 is 1.95 bits per heavy atom. The van der Waals surface area contributed by atoms with Gasteiger partial charge in [0.2, 0.25) is 15.9 Å². The maximum atomic E-state index is 11.4. The van der Waals surface area contributed by atoms with Gasteiger partial charge in [0.25, 0.3) is 0 Å². The van der Waals surface area contributed by atoms with Crippen LogP contribution in [0.25, 0.3) is 10.4 Å². The van der Waals surface area contributed by atoms with Crippen LogP contribution in [0.4, 0.5) is 0 Å². The fourth-order valence-electron chi connectivity index (χ4n) is 1.74. The van der Waals surface area contributed by atoms with Gasteiger partial charge in [-0.3, -0.25) is 0 Å². The molecule has 5 nitrogen and oxygen atoms in total. The molecule has 7 heteroatoms. The average Bonchev–Trinajstić information content (AvgIpc) is 2.71. The number of sulfonamides is 1. The van der Waals surface area contributed by atoms with Crippen LogP contribution in [-0.2, 0) is 10.0 Å². The highest BCUT2D eigenvalue weighted by atomic mass is 32.2. The highest BCUT2D eigenvalue weighted by Gasteiger charge is 2.17. The van der Waals surface area contributed by atoms with Gasteiger partial charge in [-0.2, -0.15) is 0 Å². The summed E-state index contributed by atoms with van der Waals surface area (Å²) in [4.78, 5) is 5.01. The lowest BCUT2D eigenvalue weighted by Gasteiger charge is -2.06. The Hall–Kier alpha value is -1.44. The lowest BCUT2D eigenvalue weighted by molar-refractivity contribution is 0.397. The summed E-state index contributed by atoms with van der Waals surface area (Å²) in [5, 5.41) is 5.15. The van der Waals surface area contributed by atoms with Gasteiger partial charge in [0.05, 0.1) is 7.11 Å². The minimum absolute atomic E-state index is 0.162. The molecule has 0 bridgehead atoms. The summed E-state index contributed by atoms with van der Waals surface area (Å²) in [5.74, 6) is 0.530. The number of nitrogens with zero attached hydrogens (tertiary/aromatic N) is 1. The van der Waals surface area contributed by atoms with Crippen LogP contribution in [0.2, 0.25) is 0 Å². The third-order valence-corrected chi connectivity index (χ3v) is 5.41. The van der Waals surface area contributed by atoms with Crippen LogP contribution in [0.1, 0.15) is 11.1 Å². The predicted molar refractivity (Wildman–Crippen MR) is 74.9 cm³/mol. The van der Waals surface area contributed by atoms with E-state index in [1.807, 2.05) is 19.9 Å². The molecule has 0 aliphatic rings. The second-order valence-electron chi connectivity index (χ2n) is 4.16. The number of aromatic nitrogens is 1. The summed E-state index contributed by atoms with van der Waals surface area (Å²) in [6, 6.07) is 3.39. The van der Waals surface area contributed by atoms with Crippen molar-refractivity contribution in [3.63, 3.8) is 0 Å². The molecular weight excluding hydrogens is 284 g/mol. The van der Waals surface area contributed by atoms with E-state index in [4.69, 9.17) is 9.88 Å². The molecule has 0 aromatic carbocycles. The fourth-order valence-corrected chi connectivity index (χ4v) is 3.78. The summed E-state index contributed by atoms with van der Waals surface area (Å²) >= 11 is 1.15. The van der Waals surface area contributed by atoms with Crippen molar-refractivity contribution in [1.82, 2.24) is 4.98 Å². The first-order valence-corrected chi connectivity index (χ1v) is 7.83. The number of methoxy groups -OCH3 is 1. The van der Waals surface area contributed by atoms with E-state index >= 15 is 0 Å². The molecule has 19 heavy (non-hydrogen) atoms. The van der Waals surface area contributed by atoms with E-state index in [2.05, 4.69) is 4.98 Å². The van der Waals surface area contributed by atoms with Crippen LogP contribution >= 0.6 is 11.3 Å². The molecule has 2 aromatic rings. The minimum atomic E-state index is -3.66. The summed E-state index contributed by atoms with van der Waals surface area (Å²) < 4.78 is 27.9. The number of primary sulfonamides is 1. The first kappa shape index (κ1) is 14.0. The van der Waals surface area contributed by atoms with Gasteiger partial charge >= 0.3 is 0 Å². The zero-order valence-corrected chi connectivity index (χ0v) is 12.4. The first-order chi connectivity index (χ1) is 8.82. The van der Waals surface area contributed by atoms with Gasteiger partial charge in [0.15, 0.2) is 0 Å². The zero-order chi connectivity index (χ0) is 14.2. The standard InChI is InChI=1S/C12H14N2O3S2/c1-7-4-10(17-3)14-6-9(7)12-8(2)5-11(18-12)19(13,15)16/h4-6H,1-3H3,(H2,13,15,16). The molecule has 2 heterocycles. The molecule has 2 N–H and O–H groups in total. The molecular formula is C12H14N2O3S2. The van der Waals surface area contributed by atoms with Crippen LogP contribution < -0.4 is 9.88 Å². The van der Waals surface area contributed by atoms with E-state index in [1.165, 1.54) is 0 Å². The average molecular weight is 298 g/mol. The molecule has 0 saturated heterocycles. The number of rotatable bonds is 3. The topological polar surface area (TPSA) is 82.3 Å². The minimum Gasteiger partial charge on any atom is -0.481 e. The van der Waals surface area contributed by atoms with Crippen LogP contribution in [-0.4, -0.2) is 20.5 Å². The molecule has 0 amide bonds. The maximum absolute atomic E-state index is 11.4. The number of nitrogens with two attached hydrogens (primary N) is 1. The van der Waals surface area contributed by atoms with E-state index in [-0.39, 0.29) is 4.21 Å². The van der Waals surface area contributed by atoms with Crippen LogP contribution in [0.3, 0.4) is 0 Å². The van der Waals surface area contributed by atoms with Crippen LogP contribution in [0.5, 0.6) is 5.88 Å². The van der Waals surface area contributed by atoms with Gasteiger partial charge in [-0.1, -0.05) is 0 Å². The summed E-state index contributed by atoms with van der Waals surface area (Å²) in [6.07, 6.45) is 1.68. The van der Waals surface area contributed by atoms with Gasteiger partial charge in [0.1, 0.15) is 4.21 Å². The Morgan fingerprint density at radius 1 is 1.26 bits per heavy atom. The van der Waals surface area contributed by atoms with Crippen molar-refractivity contribution >= 4 is 21.4 Å². The molecule has 0 saturated carbocycles. The third kappa shape index (κ3) is 2.78. The molecule has 0 spiro atoms. The fraction of sp³-hybridized carbons (Fsp3) is 0.250. The van der Waals surface area contributed by atoms with Crippen LogP contribution in [0.15, 0.2) is 22.5 Å². The third-order valence-electron chi connectivity index (χ3n) is 2.72. The number of ether oxygens (including phenoxy) is 1. The van der Waals surface area contributed by atoms with E-state index in [9.17, 15) is 8.42 Å². The van der Waals surface area contributed by atoms with Crippen molar-refractivity contribution in [2.24, 2.45) is 5.14 Å².